The third-order valence-electron chi connectivity index (χ3n) is 7.42. The van der Waals surface area contributed by atoms with Crippen molar-refractivity contribution in [3.8, 4) is 0 Å². The largest absolute Gasteiger partial charge is 0.362 e. The minimum atomic E-state index is -0.249. The molecular weight excluding hydrogens is 465 g/mol. The summed E-state index contributed by atoms with van der Waals surface area (Å²) < 4.78 is 15.4. The van der Waals surface area contributed by atoms with Crippen LogP contribution in [0.5, 0.6) is 0 Å². The quantitative estimate of drug-likeness (QED) is 0.345. The van der Waals surface area contributed by atoms with Gasteiger partial charge in [-0.25, -0.2) is 4.39 Å². The van der Waals surface area contributed by atoms with Crippen molar-refractivity contribution in [3.05, 3.63) is 111 Å². The van der Waals surface area contributed by atoms with Gasteiger partial charge in [0.25, 0.3) is 11.4 Å². The summed E-state index contributed by atoms with van der Waals surface area (Å²) in [7, 11) is 1.73. The number of pyridine rings is 2. The normalized spacial score (nSPS) is 19.1. The van der Waals surface area contributed by atoms with Gasteiger partial charge in [-0.15, -0.1) is 4.98 Å². The van der Waals surface area contributed by atoms with E-state index >= 15 is 0 Å². The molecule has 0 spiro atoms. The molecule has 3 heterocycles. The highest BCUT2D eigenvalue weighted by atomic mass is 19.1. The van der Waals surface area contributed by atoms with Gasteiger partial charge in [0.1, 0.15) is 5.82 Å². The number of aryl methyl sites for hydroxylation is 2. The van der Waals surface area contributed by atoms with Gasteiger partial charge in [-0.05, 0) is 56.2 Å². The molecule has 1 aliphatic rings. The van der Waals surface area contributed by atoms with Crippen LogP contribution < -0.4 is 10.5 Å². The summed E-state index contributed by atoms with van der Waals surface area (Å²) in [6, 6.07) is 20.5. The van der Waals surface area contributed by atoms with Crippen molar-refractivity contribution in [1.82, 2.24) is 14.5 Å². The second-order valence-corrected chi connectivity index (χ2v) is 9.99. The van der Waals surface area contributed by atoms with Crippen molar-refractivity contribution in [2.45, 2.75) is 38.9 Å². The fourth-order valence-electron chi connectivity index (χ4n) is 5.40. The number of hydrogen-bond donors (Lipinski definition) is 0. The second kappa shape index (κ2) is 9.79. The maximum atomic E-state index is 13.8. The third kappa shape index (κ3) is 4.61. The zero-order chi connectivity index (χ0) is 26.3. The maximum absolute atomic E-state index is 13.8. The van der Waals surface area contributed by atoms with E-state index in [2.05, 4.69) is 64.7 Å². The molecular formula is C30H30FN5O. The number of benzene rings is 2. The number of rotatable bonds is 4. The molecule has 0 bridgehead atoms. The van der Waals surface area contributed by atoms with Gasteiger partial charge in [0.2, 0.25) is 5.52 Å². The highest BCUT2D eigenvalue weighted by Gasteiger charge is 2.36. The van der Waals surface area contributed by atoms with E-state index in [9.17, 15) is 9.18 Å². The molecule has 7 heteroatoms. The van der Waals surface area contributed by atoms with Gasteiger partial charge in [-0.3, -0.25) is 9.69 Å². The van der Waals surface area contributed by atoms with Crippen molar-refractivity contribution in [1.29, 1.82) is 0 Å². The smallest absolute Gasteiger partial charge is 0.270 e. The van der Waals surface area contributed by atoms with Crippen LogP contribution in [0.25, 0.3) is 15.9 Å². The van der Waals surface area contributed by atoms with Gasteiger partial charge < -0.3 is 14.3 Å². The molecule has 4 aromatic rings. The Labute approximate surface area is 216 Å². The van der Waals surface area contributed by atoms with Gasteiger partial charge in [0, 0.05) is 38.3 Å². The molecule has 1 fully saturated rings. The summed E-state index contributed by atoms with van der Waals surface area (Å²) in [4.78, 5) is 25.6. The Morgan fingerprint density at radius 1 is 0.973 bits per heavy atom. The van der Waals surface area contributed by atoms with E-state index in [4.69, 9.17) is 6.57 Å². The molecule has 1 aliphatic heterocycles. The van der Waals surface area contributed by atoms with Gasteiger partial charge in [-0.2, -0.15) is 0 Å². The van der Waals surface area contributed by atoms with Gasteiger partial charge in [0.05, 0.1) is 17.2 Å². The standard InChI is InChI=1S/C30H30FN5O/c1-19-6-8-22(9-7-19)30(23-10-12-24(31)13-11-23)36-18-20(2)35(17-21(36)3)26-16-28(37)34(5)25-14-15-27(32-4)33-29(25)26/h6-16,20-21,30H,17-18H2,1-3,5H3/t20-,21+,30?/m0/s1. The average Bonchev–Trinajstić information content (AvgIpc) is 2.90. The molecule has 0 aliphatic carbocycles. The topological polar surface area (TPSA) is 45.7 Å². The molecule has 6 nitrogen and oxygen atoms in total. The van der Waals surface area contributed by atoms with E-state index < -0.39 is 0 Å². The Morgan fingerprint density at radius 2 is 1.62 bits per heavy atom. The van der Waals surface area contributed by atoms with Crippen LogP contribution in [0.3, 0.4) is 0 Å². The number of nitrogens with zero attached hydrogens (tertiary/aromatic N) is 5. The molecule has 0 saturated carbocycles. The molecule has 1 unspecified atom stereocenters. The zero-order valence-electron chi connectivity index (χ0n) is 21.5. The lowest BCUT2D eigenvalue weighted by Gasteiger charge is -2.48. The molecule has 0 N–H and O–H groups in total. The van der Waals surface area contributed by atoms with Crippen LogP contribution in [-0.2, 0) is 7.05 Å². The van der Waals surface area contributed by atoms with Crippen LogP contribution >= 0.6 is 0 Å². The zero-order valence-corrected chi connectivity index (χ0v) is 21.5. The Hall–Kier alpha value is -4.02. The summed E-state index contributed by atoms with van der Waals surface area (Å²) >= 11 is 0. The molecule has 37 heavy (non-hydrogen) atoms. The molecule has 3 atom stereocenters. The first kappa shape index (κ1) is 24.7. The van der Waals surface area contributed by atoms with Crippen LogP contribution in [0.15, 0.2) is 71.5 Å². The van der Waals surface area contributed by atoms with E-state index in [0.717, 1.165) is 23.4 Å². The molecule has 0 amide bonds. The Morgan fingerprint density at radius 3 is 2.27 bits per heavy atom. The van der Waals surface area contributed by atoms with Crippen molar-refractivity contribution in [2.24, 2.45) is 7.05 Å². The highest BCUT2D eigenvalue weighted by Crippen LogP contribution is 2.36. The van der Waals surface area contributed by atoms with Crippen molar-refractivity contribution in [2.75, 3.05) is 18.0 Å². The van der Waals surface area contributed by atoms with Gasteiger partial charge in [0.15, 0.2) is 0 Å². The van der Waals surface area contributed by atoms with Crippen LogP contribution in [0.2, 0.25) is 0 Å². The summed E-state index contributed by atoms with van der Waals surface area (Å²) in [5.74, 6) is 0.0592. The number of aromatic nitrogens is 2. The third-order valence-corrected chi connectivity index (χ3v) is 7.42. The van der Waals surface area contributed by atoms with Crippen molar-refractivity contribution >= 4 is 22.5 Å². The number of fused-ring (bicyclic) bond motifs is 1. The van der Waals surface area contributed by atoms with Crippen LogP contribution in [-0.4, -0.2) is 39.6 Å². The lowest BCUT2D eigenvalue weighted by Crippen LogP contribution is -2.57. The van der Waals surface area contributed by atoms with Gasteiger partial charge >= 0.3 is 0 Å². The Balaban J connectivity index is 1.55. The number of piperazine rings is 1. The summed E-state index contributed by atoms with van der Waals surface area (Å²) in [5.41, 5.74) is 5.42. The molecule has 1 saturated heterocycles. The van der Waals surface area contributed by atoms with E-state index in [1.54, 1.807) is 29.8 Å². The van der Waals surface area contributed by atoms with Crippen molar-refractivity contribution < 1.29 is 4.39 Å². The van der Waals surface area contributed by atoms with Crippen LogP contribution in [0.1, 0.15) is 36.6 Å². The molecule has 188 valence electrons. The van der Waals surface area contributed by atoms with E-state index in [-0.39, 0.29) is 29.5 Å². The second-order valence-electron chi connectivity index (χ2n) is 9.99. The Kier molecular flexibility index (Phi) is 6.53. The maximum Gasteiger partial charge on any atom is 0.270 e. The molecule has 5 rings (SSSR count). The Bertz CT molecular complexity index is 1490. The fourth-order valence-corrected chi connectivity index (χ4v) is 5.40. The monoisotopic (exact) mass is 495 g/mol. The van der Waals surface area contributed by atoms with Gasteiger partial charge in [-0.1, -0.05) is 48.5 Å². The number of anilines is 1. The van der Waals surface area contributed by atoms with E-state index in [0.29, 0.717) is 23.4 Å². The summed E-state index contributed by atoms with van der Waals surface area (Å²) in [6.45, 7) is 15.2. The lowest BCUT2D eigenvalue weighted by atomic mass is 9.93. The van der Waals surface area contributed by atoms with E-state index in [1.807, 2.05) is 12.1 Å². The van der Waals surface area contributed by atoms with Crippen LogP contribution in [0.4, 0.5) is 15.9 Å². The highest BCUT2D eigenvalue weighted by molar-refractivity contribution is 5.89. The summed E-state index contributed by atoms with van der Waals surface area (Å²) in [5, 5.41) is 0. The first-order valence-corrected chi connectivity index (χ1v) is 12.5. The van der Waals surface area contributed by atoms with Crippen molar-refractivity contribution in [3.63, 3.8) is 0 Å². The van der Waals surface area contributed by atoms with E-state index in [1.165, 1.54) is 17.7 Å². The fraction of sp³-hybridized carbons (Fsp3) is 0.300. The minimum absolute atomic E-state index is 0.0342. The SMILES string of the molecule is [C-]#[N+]c1ccc2c(n1)c(N1C[C@@H](C)N(C(c3ccc(C)cc3)c3ccc(F)cc3)C[C@@H]1C)cc(=O)n2C. The first-order chi connectivity index (χ1) is 17.8. The van der Waals surface area contributed by atoms with Crippen LogP contribution in [0, 0.1) is 19.3 Å². The summed E-state index contributed by atoms with van der Waals surface area (Å²) in [6.07, 6.45) is 0. The molecule has 0 radical (unpaired) electrons. The number of halogens is 1. The molecule has 2 aromatic heterocycles. The predicted octanol–water partition coefficient (Wildman–Crippen LogP) is 5.62. The lowest BCUT2D eigenvalue weighted by molar-refractivity contribution is 0.130. The minimum Gasteiger partial charge on any atom is -0.362 e. The first-order valence-electron chi connectivity index (χ1n) is 12.5. The predicted molar refractivity (Wildman–Crippen MR) is 146 cm³/mol. The molecule has 2 aromatic carbocycles. The number of hydrogen-bond acceptors (Lipinski definition) is 4. The average molecular weight is 496 g/mol.